The van der Waals surface area contributed by atoms with E-state index in [4.69, 9.17) is 5.73 Å². The number of anilines is 2. The van der Waals surface area contributed by atoms with Crippen molar-refractivity contribution in [3.8, 4) is 0 Å². The number of benzene rings is 1. The third-order valence-electron chi connectivity index (χ3n) is 4.98. The lowest BCUT2D eigenvalue weighted by molar-refractivity contribution is 0.273. The van der Waals surface area contributed by atoms with Gasteiger partial charge in [0.2, 0.25) is 0 Å². The number of fused-ring (bicyclic) bond motifs is 2. The minimum absolute atomic E-state index is 0.708. The van der Waals surface area contributed by atoms with E-state index in [0.717, 1.165) is 29.5 Å². The monoisotopic (exact) mass is 282 g/mol. The summed E-state index contributed by atoms with van der Waals surface area (Å²) in [5.74, 6) is 0. The van der Waals surface area contributed by atoms with Gasteiger partial charge in [-0.25, -0.2) is 0 Å². The fourth-order valence-electron chi connectivity index (χ4n) is 3.88. The molecule has 1 unspecified atom stereocenters. The molecule has 4 nitrogen and oxygen atoms in total. The van der Waals surface area contributed by atoms with Gasteiger partial charge in [-0.05, 0) is 37.9 Å². The van der Waals surface area contributed by atoms with Crippen LogP contribution in [-0.4, -0.2) is 42.1 Å². The smallest absolute Gasteiger partial charge is 0.0632 e. The van der Waals surface area contributed by atoms with Crippen LogP contribution in [-0.2, 0) is 0 Å². The normalized spacial score (nSPS) is 23.2. The number of nitrogens with zero attached hydrogens (tertiary/aromatic N) is 3. The third kappa shape index (κ3) is 2.23. The summed E-state index contributed by atoms with van der Waals surface area (Å²) in [4.78, 5) is 9.32. The predicted octanol–water partition coefficient (Wildman–Crippen LogP) is 2.49. The Bertz CT molecular complexity index is 654. The molecule has 1 aromatic carbocycles. The average molecular weight is 282 g/mol. The maximum atomic E-state index is 6.45. The van der Waals surface area contributed by atoms with E-state index >= 15 is 0 Å². The van der Waals surface area contributed by atoms with E-state index in [2.05, 4.69) is 26.9 Å². The summed E-state index contributed by atoms with van der Waals surface area (Å²) in [6.45, 7) is 4.73. The molecule has 2 aliphatic rings. The van der Waals surface area contributed by atoms with Gasteiger partial charge < -0.3 is 10.6 Å². The van der Waals surface area contributed by atoms with Gasteiger partial charge in [0.25, 0.3) is 0 Å². The quantitative estimate of drug-likeness (QED) is 0.816. The molecule has 4 rings (SSSR count). The first-order valence-electron chi connectivity index (χ1n) is 7.94. The lowest BCUT2D eigenvalue weighted by Gasteiger charge is -2.28. The van der Waals surface area contributed by atoms with Crippen LogP contribution < -0.4 is 10.6 Å². The van der Waals surface area contributed by atoms with Gasteiger partial charge in [0.15, 0.2) is 0 Å². The highest BCUT2D eigenvalue weighted by Crippen LogP contribution is 2.33. The number of aromatic nitrogens is 1. The first-order valence-corrected chi connectivity index (χ1v) is 7.94. The van der Waals surface area contributed by atoms with Gasteiger partial charge in [0.05, 0.1) is 11.4 Å². The lowest BCUT2D eigenvalue weighted by Crippen LogP contribution is -2.36. The van der Waals surface area contributed by atoms with E-state index in [9.17, 15) is 0 Å². The highest BCUT2D eigenvalue weighted by atomic mass is 15.3. The van der Waals surface area contributed by atoms with Crippen molar-refractivity contribution in [2.45, 2.75) is 25.3 Å². The first-order chi connectivity index (χ1) is 10.3. The number of nitrogens with two attached hydrogens (primary N) is 1. The SMILES string of the molecule is Nc1c(N2CCCN3CCCC3C2)ccc2cnccc12. The zero-order chi connectivity index (χ0) is 14.2. The summed E-state index contributed by atoms with van der Waals surface area (Å²) in [7, 11) is 0. The molecular formula is C17H22N4. The van der Waals surface area contributed by atoms with E-state index < -0.39 is 0 Å². The van der Waals surface area contributed by atoms with E-state index in [1.807, 2.05) is 18.5 Å². The number of hydrogen-bond acceptors (Lipinski definition) is 4. The maximum absolute atomic E-state index is 6.45. The van der Waals surface area contributed by atoms with Crippen molar-refractivity contribution in [2.24, 2.45) is 0 Å². The van der Waals surface area contributed by atoms with Gasteiger partial charge in [-0.3, -0.25) is 9.88 Å². The second-order valence-corrected chi connectivity index (χ2v) is 6.23. The standard InChI is InChI=1S/C17H22N4/c18-17-15-6-7-19-11-13(15)4-5-16(17)21-10-2-9-20-8-1-3-14(20)12-21/h4-7,11,14H,1-3,8-10,12,18H2. The summed E-state index contributed by atoms with van der Waals surface area (Å²) in [6, 6.07) is 7.04. The van der Waals surface area contributed by atoms with Crippen molar-refractivity contribution < 1.29 is 0 Å². The van der Waals surface area contributed by atoms with Crippen LogP contribution in [0.15, 0.2) is 30.6 Å². The molecule has 2 fully saturated rings. The molecule has 4 heteroatoms. The zero-order valence-corrected chi connectivity index (χ0v) is 12.3. The van der Waals surface area contributed by atoms with Crippen LogP contribution in [0.2, 0.25) is 0 Å². The molecule has 110 valence electrons. The van der Waals surface area contributed by atoms with Crippen molar-refractivity contribution in [2.75, 3.05) is 36.8 Å². The summed E-state index contributed by atoms with van der Waals surface area (Å²) in [6.07, 6.45) is 7.61. The Hall–Kier alpha value is -1.81. The molecule has 1 aromatic heterocycles. The molecule has 2 N–H and O–H groups in total. The number of rotatable bonds is 1. The second kappa shape index (κ2) is 5.19. The fraction of sp³-hybridized carbons (Fsp3) is 0.471. The predicted molar refractivity (Wildman–Crippen MR) is 87.6 cm³/mol. The van der Waals surface area contributed by atoms with Crippen LogP contribution in [0.4, 0.5) is 11.4 Å². The molecule has 0 spiro atoms. The van der Waals surface area contributed by atoms with Crippen molar-refractivity contribution in [1.29, 1.82) is 0 Å². The van der Waals surface area contributed by atoms with Crippen molar-refractivity contribution in [3.05, 3.63) is 30.6 Å². The summed E-state index contributed by atoms with van der Waals surface area (Å²) in [5.41, 5.74) is 8.56. The van der Waals surface area contributed by atoms with Gasteiger partial charge in [0, 0.05) is 48.8 Å². The molecule has 3 heterocycles. The van der Waals surface area contributed by atoms with Crippen molar-refractivity contribution >= 4 is 22.1 Å². The Kier molecular flexibility index (Phi) is 3.19. The molecule has 0 radical (unpaired) electrons. The summed E-state index contributed by atoms with van der Waals surface area (Å²) >= 11 is 0. The molecule has 2 aromatic rings. The average Bonchev–Trinajstić information content (AvgIpc) is 2.85. The fourth-order valence-corrected chi connectivity index (χ4v) is 3.88. The third-order valence-corrected chi connectivity index (χ3v) is 4.98. The Morgan fingerprint density at radius 3 is 2.95 bits per heavy atom. The maximum Gasteiger partial charge on any atom is 0.0632 e. The molecule has 1 atom stereocenters. The minimum Gasteiger partial charge on any atom is -0.397 e. The summed E-state index contributed by atoms with van der Waals surface area (Å²) < 4.78 is 0. The van der Waals surface area contributed by atoms with Gasteiger partial charge >= 0.3 is 0 Å². The van der Waals surface area contributed by atoms with Gasteiger partial charge in [-0.1, -0.05) is 6.07 Å². The number of nitrogen functional groups attached to an aromatic ring is 1. The van der Waals surface area contributed by atoms with E-state index in [-0.39, 0.29) is 0 Å². The second-order valence-electron chi connectivity index (χ2n) is 6.23. The van der Waals surface area contributed by atoms with Crippen LogP contribution >= 0.6 is 0 Å². The number of hydrogen-bond donors (Lipinski definition) is 1. The Morgan fingerprint density at radius 2 is 2.00 bits per heavy atom. The topological polar surface area (TPSA) is 45.4 Å². The van der Waals surface area contributed by atoms with Crippen LogP contribution in [0.25, 0.3) is 10.8 Å². The first kappa shape index (κ1) is 12.9. The minimum atomic E-state index is 0.708. The summed E-state index contributed by atoms with van der Waals surface area (Å²) in [5, 5.41) is 2.24. The molecule has 0 aliphatic carbocycles. The van der Waals surface area contributed by atoms with E-state index in [0.29, 0.717) is 6.04 Å². The highest BCUT2D eigenvalue weighted by molar-refractivity contribution is 5.98. The van der Waals surface area contributed by atoms with E-state index in [1.54, 1.807) is 0 Å². The Morgan fingerprint density at radius 1 is 1.10 bits per heavy atom. The molecule has 0 amide bonds. The largest absolute Gasteiger partial charge is 0.397 e. The van der Waals surface area contributed by atoms with Crippen LogP contribution in [0.5, 0.6) is 0 Å². The Labute approximate surface area is 125 Å². The molecular weight excluding hydrogens is 260 g/mol. The molecule has 0 bridgehead atoms. The molecule has 0 saturated carbocycles. The van der Waals surface area contributed by atoms with Crippen LogP contribution in [0.1, 0.15) is 19.3 Å². The highest BCUT2D eigenvalue weighted by Gasteiger charge is 2.29. The molecule has 21 heavy (non-hydrogen) atoms. The van der Waals surface area contributed by atoms with Crippen molar-refractivity contribution in [1.82, 2.24) is 9.88 Å². The molecule has 2 aliphatic heterocycles. The van der Waals surface area contributed by atoms with Gasteiger partial charge in [-0.2, -0.15) is 0 Å². The van der Waals surface area contributed by atoms with Crippen molar-refractivity contribution in [3.63, 3.8) is 0 Å². The van der Waals surface area contributed by atoms with E-state index in [1.165, 1.54) is 38.0 Å². The lowest BCUT2D eigenvalue weighted by atomic mass is 10.1. The Balaban J connectivity index is 1.70. The number of pyridine rings is 1. The van der Waals surface area contributed by atoms with Gasteiger partial charge in [0.1, 0.15) is 0 Å². The zero-order valence-electron chi connectivity index (χ0n) is 12.3. The van der Waals surface area contributed by atoms with Crippen LogP contribution in [0.3, 0.4) is 0 Å². The van der Waals surface area contributed by atoms with Crippen LogP contribution in [0, 0.1) is 0 Å². The molecule has 2 saturated heterocycles. The van der Waals surface area contributed by atoms with Gasteiger partial charge in [-0.15, -0.1) is 0 Å².